The molecule has 1 N–H and O–H groups in total. The number of nitrogens with one attached hydrogen (secondary N) is 1. The molecule has 2 rings (SSSR count). The maximum Gasteiger partial charge on any atom is 0.222 e. The molecule has 0 bridgehead atoms. The van der Waals surface area contributed by atoms with E-state index in [1.807, 2.05) is 7.05 Å². The molecule has 1 saturated heterocycles. The number of piperidine rings is 1. The highest BCUT2D eigenvalue weighted by atomic mass is 16.2. The van der Waals surface area contributed by atoms with E-state index in [0.717, 1.165) is 37.9 Å². The largest absolute Gasteiger partial charge is 0.343 e. The van der Waals surface area contributed by atoms with Crippen molar-refractivity contribution in [1.29, 1.82) is 0 Å². The van der Waals surface area contributed by atoms with E-state index in [-0.39, 0.29) is 0 Å². The van der Waals surface area contributed by atoms with E-state index >= 15 is 0 Å². The molecule has 0 aromatic heterocycles. The Morgan fingerprint density at radius 1 is 1.18 bits per heavy atom. The van der Waals surface area contributed by atoms with Gasteiger partial charge in [0.2, 0.25) is 5.91 Å². The Hall–Kier alpha value is -0.570. The Morgan fingerprint density at radius 3 is 2.45 bits per heavy atom. The fourth-order valence-corrected chi connectivity index (χ4v) is 4.89. The molecule has 2 aliphatic rings. The van der Waals surface area contributed by atoms with Gasteiger partial charge >= 0.3 is 0 Å². The number of amides is 1. The molecule has 3 nitrogen and oxygen atoms in total. The fourth-order valence-electron chi connectivity index (χ4n) is 4.89. The first-order valence-electron chi connectivity index (χ1n) is 9.32. The molecule has 0 aromatic carbocycles. The van der Waals surface area contributed by atoms with Crippen molar-refractivity contribution in [3.63, 3.8) is 0 Å². The van der Waals surface area contributed by atoms with Crippen LogP contribution in [0.4, 0.5) is 0 Å². The molecule has 2 fully saturated rings. The van der Waals surface area contributed by atoms with Crippen LogP contribution in [0.25, 0.3) is 0 Å². The van der Waals surface area contributed by atoms with E-state index in [1.54, 1.807) is 0 Å². The van der Waals surface area contributed by atoms with Crippen molar-refractivity contribution in [3.8, 4) is 0 Å². The summed E-state index contributed by atoms with van der Waals surface area (Å²) in [5.41, 5.74) is 0.419. The minimum Gasteiger partial charge on any atom is -0.343 e. The zero-order valence-electron chi connectivity index (χ0n) is 15.2. The number of carbonyl (C=O) groups is 1. The van der Waals surface area contributed by atoms with E-state index in [2.05, 4.69) is 31.0 Å². The van der Waals surface area contributed by atoms with Crippen LogP contribution in [0.1, 0.15) is 65.7 Å². The molecule has 1 saturated carbocycles. The second kappa shape index (κ2) is 7.81. The Morgan fingerprint density at radius 2 is 1.86 bits per heavy atom. The molecule has 1 aliphatic carbocycles. The monoisotopic (exact) mass is 308 g/mol. The zero-order chi connectivity index (χ0) is 16.2. The molecule has 22 heavy (non-hydrogen) atoms. The molecule has 1 aliphatic heterocycles. The van der Waals surface area contributed by atoms with Crippen LogP contribution in [0.3, 0.4) is 0 Å². The number of carbonyl (C=O) groups excluding carboxylic acids is 1. The van der Waals surface area contributed by atoms with Crippen LogP contribution in [0, 0.1) is 23.2 Å². The Labute approximate surface area is 137 Å². The predicted octanol–water partition coefficient (Wildman–Crippen LogP) is 3.69. The summed E-state index contributed by atoms with van der Waals surface area (Å²) in [6.07, 6.45) is 8.21. The number of hydrogen-bond acceptors (Lipinski definition) is 2. The van der Waals surface area contributed by atoms with Gasteiger partial charge in [-0.05, 0) is 75.3 Å². The van der Waals surface area contributed by atoms with Crippen LogP contribution < -0.4 is 5.32 Å². The summed E-state index contributed by atoms with van der Waals surface area (Å²) in [6.45, 7) is 10.2. The van der Waals surface area contributed by atoms with Gasteiger partial charge in [-0.15, -0.1) is 0 Å². The van der Waals surface area contributed by atoms with Crippen LogP contribution in [0.15, 0.2) is 0 Å². The Bertz CT molecular complexity index is 358. The summed E-state index contributed by atoms with van der Waals surface area (Å²) >= 11 is 0. The fraction of sp³-hybridized carbons (Fsp3) is 0.947. The van der Waals surface area contributed by atoms with Crippen molar-refractivity contribution in [1.82, 2.24) is 10.2 Å². The van der Waals surface area contributed by atoms with Crippen molar-refractivity contribution in [2.75, 3.05) is 26.7 Å². The molecule has 0 radical (unpaired) electrons. The Kier molecular flexibility index (Phi) is 6.31. The third-order valence-corrected chi connectivity index (χ3v) is 5.71. The normalized spacial score (nSPS) is 29.5. The van der Waals surface area contributed by atoms with Crippen molar-refractivity contribution >= 4 is 5.91 Å². The van der Waals surface area contributed by atoms with Crippen LogP contribution in [-0.4, -0.2) is 37.5 Å². The smallest absolute Gasteiger partial charge is 0.222 e. The Balaban J connectivity index is 1.76. The molecule has 0 spiro atoms. The van der Waals surface area contributed by atoms with Gasteiger partial charge < -0.3 is 10.2 Å². The SMILES string of the molecule is CNCCC1CCN(C(=O)CC2CC(C)CC(C)(C)C2)CC1. The lowest BCUT2D eigenvalue weighted by Gasteiger charge is -2.40. The maximum atomic E-state index is 12.6. The van der Waals surface area contributed by atoms with Gasteiger partial charge in [-0.1, -0.05) is 20.8 Å². The first kappa shape index (κ1) is 17.8. The second-order valence-electron chi connectivity index (χ2n) is 8.70. The number of hydrogen-bond donors (Lipinski definition) is 1. The van der Waals surface area contributed by atoms with Crippen LogP contribution in [0.5, 0.6) is 0 Å². The lowest BCUT2D eigenvalue weighted by atomic mass is 9.67. The molecule has 0 aromatic rings. The predicted molar refractivity (Wildman–Crippen MR) is 92.8 cm³/mol. The lowest BCUT2D eigenvalue weighted by Crippen LogP contribution is -2.40. The summed E-state index contributed by atoms with van der Waals surface area (Å²) in [4.78, 5) is 14.8. The van der Waals surface area contributed by atoms with Gasteiger partial charge in [-0.25, -0.2) is 0 Å². The summed E-state index contributed by atoms with van der Waals surface area (Å²) in [6, 6.07) is 0. The lowest BCUT2D eigenvalue weighted by molar-refractivity contribution is -0.134. The van der Waals surface area contributed by atoms with Gasteiger partial charge in [-0.3, -0.25) is 4.79 Å². The molecular formula is C19H36N2O. The maximum absolute atomic E-state index is 12.6. The first-order chi connectivity index (χ1) is 10.4. The summed E-state index contributed by atoms with van der Waals surface area (Å²) < 4.78 is 0. The zero-order valence-corrected chi connectivity index (χ0v) is 15.2. The van der Waals surface area contributed by atoms with Gasteiger partial charge in [0, 0.05) is 19.5 Å². The van der Waals surface area contributed by atoms with Crippen molar-refractivity contribution in [2.45, 2.75) is 65.7 Å². The highest BCUT2D eigenvalue weighted by Gasteiger charge is 2.34. The molecule has 128 valence electrons. The van der Waals surface area contributed by atoms with Gasteiger partial charge in [0.15, 0.2) is 0 Å². The third-order valence-electron chi connectivity index (χ3n) is 5.71. The van der Waals surface area contributed by atoms with Crippen molar-refractivity contribution in [3.05, 3.63) is 0 Å². The molecule has 2 unspecified atom stereocenters. The second-order valence-corrected chi connectivity index (χ2v) is 8.70. The van der Waals surface area contributed by atoms with E-state index in [0.29, 0.717) is 17.2 Å². The van der Waals surface area contributed by atoms with E-state index in [9.17, 15) is 4.79 Å². The van der Waals surface area contributed by atoms with E-state index in [4.69, 9.17) is 0 Å². The quantitative estimate of drug-likeness (QED) is 0.840. The molecule has 1 heterocycles. The van der Waals surface area contributed by atoms with Crippen LogP contribution in [0.2, 0.25) is 0 Å². The number of likely N-dealkylation sites (tertiary alicyclic amines) is 1. The number of nitrogens with zero attached hydrogens (tertiary/aromatic N) is 1. The summed E-state index contributed by atoms with van der Waals surface area (Å²) in [7, 11) is 2.02. The topological polar surface area (TPSA) is 32.3 Å². The number of rotatable bonds is 5. The molecular weight excluding hydrogens is 272 g/mol. The van der Waals surface area contributed by atoms with E-state index in [1.165, 1.54) is 38.5 Å². The highest BCUT2D eigenvalue weighted by Crippen LogP contribution is 2.43. The molecule has 1 amide bonds. The molecule has 2 atom stereocenters. The van der Waals surface area contributed by atoms with Gasteiger partial charge in [0.1, 0.15) is 0 Å². The standard InChI is InChI=1S/C19H36N2O/c1-15-11-17(14-19(2,3)13-15)12-18(22)21-9-6-16(7-10-21)5-8-20-4/h15-17,20H,5-14H2,1-4H3. The summed E-state index contributed by atoms with van der Waals surface area (Å²) in [5.74, 6) is 2.61. The highest BCUT2D eigenvalue weighted by molar-refractivity contribution is 5.76. The average molecular weight is 309 g/mol. The molecule has 3 heteroatoms. The van der Waals surface area contributed by atoms with Crippen molar-refractivity contribution in [2.24, 2.45) is 23.2 Å². The first-order valence-corrected chi connectivity index (χ1v) is 9.32. The third kappa shape index (κ3) is 5.26. The minimum atomic E-state index is 0.418. The van der Waals surface area contributed by atoms with Gasteiger partial charge in [0.25, 0.3) is 0 Å². The average Bonchev–Trinajstić information content (AvgIpc) is 2.43. The van der Waals surface area contributed by atoms with Crippen LogP contribution >= 0.6 is 0 Å². The minimum absolute atomic E-state index is 0.418. The summed E-state index contributed by atoms with van der Waals surface area (Å²) in [5, 5.41) is 3.23. The van der Waals surface area contributed by atoms with E-state index < -0.39 is 0 Å². The van der Waals surface area contributed by atoms with Crippen molar-refractivity contribution < 1.29 is 4.79 Å². The van der Waals surface area contributed by atoms with Gasteiger partial charge in [-0.2, -0.15) is 0 Å². The van der Waals surface area contributed by atoms with Crippen LogP contribution in [-0.2, 0) is 4.79 Å². The van der Waals surface area contributed by atoms with Gasteiger partial charge in [0.05, 0.1) is 0 Å².